The van der Waals surface area contributed by atoms with Gasteiger partial charge in [0.25, 0.3) is 0 Å². The number of nitrogens with zero attached hydrogens (tertiary/aromatic N) is 3. The van der Waals surface area contributed by atoms with Crippen LogP contribution in [0.3, 0.4) is 0 Å². The van der Waals surface area contributed by atoms with Crippen LogP contribution < -0.4 is 5.32 Å². The van der Waals surface area contributed by atoms with Crippen LogP contribution in [-0.4, -0.2) is 20.6 Å². The molecule has 1 N–H and O–H groups in total. The lowest BCUT2D eigenvalue weighted by Crippen LogP contribution is -2.33. The van der Waals surface area contributed by atoms with E-state index in [2.05, 4.69) is 10.4 Å². The van der Waals surface area contributed by atoms with Crippen molar-refractivity contribution in [3.05, 3.63) is 57.8 Å². The molecule has 1 amide bonds. The molecule has 122 valence electrons. The highest BCUT2D eigenvalue weighted by Gasteiger charge is 2.21. The average Bonchev–Trinajstić information content (AvgIpc) is 2.89. The SMILES string of the molecule is Cc1cc([N+](=O)[O-])nn1CC(C)C(=O)NC(C)c1ccccc1. The zero-order valence-corrected chi connectivity index (χ0v) is 13.4. The third-order valence-electron chi connectivity index (χ3n) is 3.71. The smallest absolute Gasteiger partial charge is 0.358 e. The fourth-order valence-corrected chi connectivity index (χ4v) is 2.29. The number of aryl methyl sites for hydroxylation is 1. The van der Waals surface area contributed by atoms with E-state index in [1.165, 1.54) is 10.7 Å². The summed E-state index contributed by atoms with van der Waals surface area (Å²) in [5, 5.41) is 17.6. The minimum atomic E-state index is -0.536. The van der Waals surface area contributed by atoms with Crippen LogP contribution in [0.2, 0.25) is 0 Å². The summed E-state index contributed by atoms with van der Waals surface area (Å²) in [6.07, 6.45) is 0. The van der Waals surface area contributed by atoms with Crippen LogP contribution in [-0.2, 0) is 11.3 Å². The fourth-order valence-electron chi connectivity index (χ4n) is 2.29. The van der Waals surface area contributed by atoms with E-state index in [1.54, 1.807) is 13.8 Å². The molecule has 0 bridgehead atoms. The van der Waals surface area contributed by atoms with Crippen LogP contribution in [0.15, 0.2) is 36.4 Å². The molecule has 2 atom stereocenters. The van der Waals surface area contributed by atoms with Crippen LogP contribution in [0.4, 0.5) is 5.82 Å². The summed E-state index contributed by atoms with van der Waals surface area (Å²) in [5.74, 6) is -0.661. The molecular weight excluding hydrogens is 296 g/mol. The van der Waals surface area contributed by atoms with Crippen molar-refractivity contribution in [1.29, 1.82) is 0 Å². The van der Waals surface area contributed by atoms with Gasteiger partial charge in [-0.1, -0.05) is 37.3 Å². The van der Waals surface area contributed by atoms with Gasteiger partial charge in [0.15, 0.2) is 0 Å². The first kappa shape index (κ1) is 16.7. The summed E-state index contributed by atoms with van der Waals surface area (Å²) in [4.78, 5) is 22.5. The van der Waals surface area contributed by atoms with E-state index in [4.69, 9.17) is 0 Å². The molecule has 0 aliphatic rings. The van der Waals surface area contributed by atoms with Gasteiger partial charge in [-0.2, -0.15) is 4.68 Å². The second-order valence-corrected chi connectivity index (χ2v) is 5.63. The maximum atomic E-state index is 12.3. The summed E-state index contributed by atoms with van der Waals surface area (Å²) >= 11 is 0. The lowest BCUT2D eigenvalue weighted by Gasteiger charge is -2.17. The van der Waals surface area contributed by atoms with E-state index < -0.39 is 4.92 Å². The van der Waals surface area contributed by atoms with E-state index >= 15 is 0 Å². The molecule has 7 heteroatoms. The van der Waals surface area contributed by atoms with E-state index in [0.29, 0.717) is 12.2 Å². The molecule has 2 rings (SSSR count). The van der Waals surface area contributed by atoms with E-state index in [9.17, 15) is 14.9 Å². The van der Waals surface area contributed by atoms with E-state index in [0.717, 1.165) is 5.56 Å². The normalized spacial score (nSPS) is 13.3. The number of benzene rings is 1. The number of amides is 1. The van der Waals surface area contributed by atoms with Gasteiger partial charge in [-0.05, 0) is 24.3 Å². The number of nitrogens with one attached hydrogen (secondary N) is 1. The molecule has 1 aromatic heterocycles. The van der Waals surface area contributed by atoms with E-state index in [1.807, 2.05) is 37.3 Å². The summed E-state index contributed by atoms with van der Waals surface area (Å²) in [6.45, 7) is 5.73. The average molecular weight is 316 g/mol. The monoisotopic (exact) mass is 316 g/mol. The topological polar surface area (TPSA) is 90.1 Å². The molecule has 0 fully saturated rings. The summed E-state index contributed by atoms with van der Waals surface area (Å²) < 4.78 is 1.50. The molecule has 23 heavy (non-hydrogen) atoms. The standard InChI is InChI=1S/C16H20N4O3/c1-11(10-19-12(2)9-15(18-19)20(22)23)16(21)17-13(3)14-7-5-4-6-8-14/h4-9,11,13H,10H2,1-3H3,(H,17,21). The van der Waals surface area contributed by atoms with Gasteiger partial charge in [0.1, 0.15) is 0 Å². The van der Waals surface area contributed by atoms with Crippen molar-refractivity contribution in [2.75, 3.05) is 0 Å². The number of carbonyl (C=O) groups is 1. The Morgan fingerprint density at radius 3 is 2.57 bits per heavy atom. The first-order chi connectivity index (χ1) is 10.9. The summed E-state index contributed by atoms with van der Waals surface area (Å²) in [6, 6.07) is 11.0. The number of nitro groups is 1. The van der Waals surface area contributed by atoms with Gasteiger partial charge < -0.3 is 15.4 Å². The first-order valence-corrected chi connectivity index (χ1v) is 7.42. The van der Waals surface area contributed by atoms with Crippen molar-refractivity contribution in [2.45, 2.75) is 33.4 Å². The number of aromatic nitrogens is 2. The Balaban J connectivity index is 1.99. The third kappa shape index (κ3) is 4.15. The number of carbonyl (C=O) groups excluding carboxylic acids is 1. The Bertz CT molecular complexity index is 697. The lowest BCUT2D eigenvalue weighted by atomic mass is 10.1. The molecule has 0 saturated heterocycles. The van der Waals surface area contributed by atoms with Crippen molar-refractivity contribution in [2.24, 2.45) is 5.92 Å². The Labute approximate surface area is 134 Å². The van der Waals surface area contributed by atoms with Crippen molar-refractivity contribution in [3.63, 3.8) is 0 Å². The second kappa shape index (κ2) is 7.04. The molecule has 1 aromatic carbocycles. The minimum Gasteiger partial charge on any atom is -0.358 e. The summed E-state index contributed by atoms with van der Waals surface area (Å²) in [7, 11) is 0. The Morgan fingerprint density at radius 2 is 2.00 bits per heavy atom. The van der Waals surface area contributed by atoms with Gasteiger partial charge in [-0.3, -0.25) is 4.79 Å². The molecule has 0 radical (unpaired) electrons. The molecule has 7 nitrogen and oxygen atoms in total. The third-order valence-corrected chi connectivity index (χ3v) is 3.71. The Kier molecular flexibility index (Phi) is 5.10. The van der Waals surface area contributed by atoms with Crippen molar-refractivity contribution < 1.29 is 9.72 Å². The van der Waals surface area contributed by atoms with E-state index in [-0.39, 0.29) is 23.7 Å². The second-order valence-electron chi connectivity index (χ2n) is 5.63. The van der Waals surface area contributed by atoms with Gasteiger partial charge in [-0.25, -0.2) is 0 Å². The molecule has 0 spiro atoms. The lowest BCUT2D eigenvalue weighted by molar-refractivity contribution is -0.389. The molecule has 2 unspecified atom stereocenters. The maximum absolute atomic E-state index is 12.3. The van der Waals surface area contributed by atoms with Crippen LogP contribution >= 0.6 is 0 Å². The largest absolute Gasteiger partial charge is 0.390 e. The molecule has 0 aliphatic heterocycles. The maximum Gasteiger partial charge on any atom is 0.390 e. The zero-order valence-electron chi connectivity index (χ0n) is 13.4. The van der Waals surface area contributed by atoms with Crippen LogP contribution in [0, 0.1) is 23.0 Å². The summed E-state index contributed by atoms with van der Waals surface area (Å²) in [5.41, 5.74) is 1.69. The quantitative estimate of drug-likeness (QED) is 0.655. The van der Waals surface area contributed by atoms with Crippen LogP contribution in [0.1, 0.15) is 31.1 Å². The number of hydrogen-bond donors (Lipinski definition) is 1. The molecular formula is C16H20N4O3. The van der Waals surface area contributed by atoms with Gasteiger partial charge >= 0.3 is 5.82 Å². The van der Waals surface area contributed by atoms with Gasteiger partial charge in [0.2, 0.25) is 5.91 Å². The Morgan fingerprint density at radius 1 is 1.35 bits per heavy atom. The highest BCUT2D eigenvalue weighted by Crippen LogP contribution is 2.15. The van der Waals surface area contributed by atoms with Gasteiger partial charge in [-0.15, -0.1) is 0 Å². The highest BCUT2D eigenvalue weighted by atomic mass is 16.6. The van der Waals surface area contributed by atoms with Crippen LogP contribution in [0.25, 0.3) is 0 Å². The molecule has 1 heterocycles. The van der Waals surface area contributed by atoms with Gasteiger partial charge in [0, 0.05) is 0 Å². The van der Waals surface area contributed by atoms with Gasteiger partial charge in [0.05, 0.1) is 35.4 Å². The zero-order chi connectivity index (χ0) is 17.0. The molecule has 0 saturated carbocycles. The number of hydrogen-bond acceptors (Lipinski definition) is 4. The molecule has 0 aliphatic carbocycles. The first-order valence-electron chi connectivity index (χ1n) is 7.42. The van der Waals surface area contributed by atoms with Crippen molar-refractivity contribution in [3.8, 4) is 0 Å². The van der Waals surface area contributed by atoms with Crippen LogP contribution in [0.5, 0.6) is 0 Å². The highest BCUT2D eigenvalue weighted by molar-refractivity contribution is 5.78. The Hall–Kier alpha value is -2.70. The van der Waals surface area contributed by atoms with Crippen molar-refractivity contribution >= 4 is 11.7 Å². The predicted octanol–water partition coefficient (Wildman–Crippen LogP) is 2.61. The van der Waals surface area contributed by atoms with Crippen molar-refractivity contribution in [1.82, 2.24) is 15.1 Å². The minimum absolute atomic E-state index is 0.0980. The molecule has 2 aromatic rings. The predicted molar refractivity (Wildman–Crippen MR) is 85.8 cm³/mol. The number of rotatable bonds is 6. The fraction of sp³-hybridized carbons (Fsp3) is 0.375.